The highest BCUT2D eigenvalue weighted by Gasteiger charge is 2.18. The number of hydrogen-bond acceptors (Lipinski definition) is 4. The van der Waals surface area contributed by atoms with Crippen molar-refractivity contribution >= 4 is 63.4 Å². The van der Waals surface area contributed by atoms with Crippen molar-refractivity contribution in [3.8, 4) is 0 Å². The number of carbonyl (C=O) groups excluding carboxylic acids is 1. The molecule has 3 nitrogen and oxygen atoms in total. The predicted molar refractivity (Wildman–Crippen MR) is 106 cm³/mol. The smallest absolute Gasteiger partial charge is 0.341 e. The zero-order valence-corrected chi connectivity index (χ0v) is 16.2. The normalized spacial score (nSPS) is 10.5. The zero-order valence-electron chi connectivity index (χ0n) is 13.1. The van der Waals surface area contributed by atoms with Crippen LogP contribution in [0.4, 0.5) is 5.69 Å². The Labute approximate surface area is 160 Å². The number of rotatable bonds is 7. The number of benzene rings is 1. The van der Waals surface area contributed by atoms with Gasteiger partial charge in [0, 0.05) is 5.02 Å². The van der Waals surface area contributed by atoms with Gasteiger partial charge in [0.2, 0.25) is 0 Å². The standard InChI is InChI=1S/C17H17Cl2NO2S2/c1-22-17(21)16-13(19)8-12(18)9-14(16)20-15(23)5-3-2-4-11-6-7-24-10-11/h6-10H,2-5H2,1H3,(H,20,23). The van der Waals surface area contributed by atoms with Crippen molar-refractivity contribution in [2.75, 3.05) is 12.4 Å². The number of thiocarbonyl (C=S) groups is 1. The molecule has 1 heterocycles. The summed E-state index contributed by atoms with van der Waals surface area (Å²) in [4.78, 5) is 12.5. The van der Waals surface area contributed by atoms with Gasteiger partial charge in [-0.05, 0) is 60.2 Å². The Balaban J connectivity index is 1.94. The number of esters is 1. The quantitative estimate of drug-likeness (QED) is 0.351. The molecule has 1 aromatic carbocycles. The number of hydrogen-bond donors (Lipinski definition) is 1. The van der Waals surface area contributed by atoms with Crippen LogP contribution in [0.3, 0.4) is 0 Å². The molecule has 2 rings (SSSR count). The number of thiophene rings is 1. The van der Waals surface area contributed by atoms with Gasteiger partial charge in [0.25, 0.3) is 0 Å². The van der Waals surface area contributed by atoms with Crippen molar-refractivity contribution in [1.29, 1.82) is 0 Å². The Morgan fingerprint density at radius 3 is 2.79 bits per heavy atom. The van der Waals surface area contributed by atoms with Gasteiger partial charge < -0.3 is 10.1 Å². The highest BCUT2D eigenvalue weighted by Crippen LogP contribution is 2.30. The molecule has 0 bridgehead atoms. The van der Waals surface area contributed by atoms with E-state index in [-0.39, 0.29) is 10.6 Å². The van der Waals surface area contributed by atoms with E-state index in [1.807, 2.05) is 0 Å². The number of carbonyl (C=O) groups is 1. The first-order valence-electron chi connectivity index (χ1n) is 7.39. The van der Waals surface area contributed by atoms with Crippen LogP contribution in [0, 0.1) is 0 Å². The molecule has 0 radical (unpaired) electrons. The number of ether oxygens (including phenoxy) is 1. The fraction of sp³-hybridized carbons (Fsp3) is 0.294. The van der Waals surface area contributed by atoms with Crippen LogP contribution in [-0.2, 0) is 11.2 Å². The number of anilines is 1. The van der Waals surface area contributed by atoms with Gasteiger partial charge >= 0.3 is 5.97 Å². The van der Waals surface area contributed by atoms with Gasteiger partial charge in [-0.15, -0.1) is 0 Å². The van der Waals surface area contributed by atoms with Crippen molar-refractivity contribution < 1.29 is 9.53 Å². The minimum atomic E-state index is -0.528. The lowest BCUT2D eigenvalue weighted by Crippen LogP contribution is -2.14. The highest BCUT2D eigenvalue weighted by atomic mass is 35.5. The minimum Gasteiger partial charge on any atom is -0.465 e. The second-order valence-electron chi connectivity index (χ2n) is 5.19. The summed E-state index contributed by atoms with van der Waals surface area (Å²) >= 11 is 19.2. The first-order chi connectivity index (χ1) is 11.5. The highest BCUT2D eigenvalue weighted by molar-refractivity contribution is 7.80. The second kappa shape index (κ2) is 9.37. The Kier molecular flexibility index (Phi) is 7.49. The third-order valence-corrected chi connectivity index (χ3v) is 4.97. The number of aryl methyl sites for hydroxylation is 1. The lowest BCUT2D eigenvalue weighted by Gasteiger charge is -2.13. The van der Waals surface area contributed by atoms with Gasteiger partial charge in [0.05, 0.1) is 22.8 Å². The van der Waals surface area contributed by atoms with E-state index in [1.165, 1.54) is 18.7 Å². The molecule has 0 atom stereocenters. The van der Waals surface area contributed by atoms with E-state index in [0.717, 1.165) is 25.7 Å². The summed E-state index contributed by atoms with van der Waals surface area (Å²) in [6, 6.07) is 5.26. The fourth-order valence-electron chi connectivity index (χ4n) is 2.24. The van der Waals surface area contributed by atoms with E-state index in [2.05, 4.69) is 22.1 Å². The fourth-order valence-corrected chi connectivity index (χ4v) is 3.77. The molecule has 1 N–H and O–H groups in total. The first kappa shape index (κ1) is 19.2. The summed E-state index contributed by atoms with van der Waals surface area (Å²) in [5.74, 6) is -0.528. The maximum absolute atomic E-state index is 11.9. The van der Waals surface area contributed by atoms with Crippen LogP contribution < -0.4 is 5.32 Å². The maximum Gasteiger partial charge on any atom is 0.341 e. The molecule has 0 aliphatic heterocycles. The summed E-state index contributed by atoms with van der Waals surface area (Å²) in [7, 11) is 1.31. The molecule has 0 fully saturated rings. The van der Waals surface area contributed by atoms with Gasteiger partial charge in [0.1, 0.15) is 5.56 Å². The average molecular weight is 402 g/mol. The molecular formula is C17H17Cl2NO2S2. The summed E-state index contributed by atoms with van der Waals surface area (Å²) in [6.07, 6.45) is 3.79. The van der Waals surface area contributed by atoms with E-state index in [0.29, 0.717) is 15.7 Å². The molecule has 0 saturated heterocycles. The predicted octanol–water partition coefficient (Wildman–Crippen LogP) is 5.99. The zero-order chi connectivity index (χ0) is 17.5. The van der Waals surface area contributed by atoms with Crippen molar-refractivity contribution in [1.82, 2.24) is 0 Å². The van der Waals surface area contributed by atoms with Gasteiger partial charge in [-0.3, -0.25) is 0 Å². The maximum atomic E-state index is 11.9. The number of methoxy groups -OCH3 is 1. The number of unbranched alkanes of at least 4 members (excludes halogenated alkanes) is 1. The first-order valence-corrected chi connectivity index (χ1v) is 9.50. The van der Waals surface area contributed by atoms with Crippen molar-refractivity contribution in [3.05, 3.63) is 50.1 Å². The summed E-state index contributed by atoms with van der Waals surface area (Å²) in [5.41, 5.74) is 2.07. The molecule has 128 valence electrons. The second-order valence-corrected chi connectivity index (χ2v) is 7.31. The lowest BCUT2D eigenvalue weighted by atomic mass is 10.1. The summed E-state index contributed by atoms with van der Waals surface area (Å²) < 4.78 is 4.77. The van der Waals surface area contributed by atoms with E-state index in [1.54, 1.807) is 17.4 Å². The van der Waals surface area contributed by atoms with Crippen LogP contribution >= 0.6 is 46.8 Å². The number of nitrogens with one attached hydrogen (secondary N) is 1. The third-order valence-electron chi connectivity index (χ3n) is 3.42. The molecule has 0 spiro atoms. The molecule has 7 heteroatoms. The Hall–Kier alpha value is -1.14. The van der Waals surface area contributed by atoms with Gasteiger partial charge in [-0.2, -0.15) is 11.3 Å². The van der Waals surface area contributed by atoms with Crippen LogP contribution in [0.15, 0.2) is 29.0 Å². The summed E-state index contributed by atoms with van der Waals surface area (Å²) in [6.45, 7) is 0. The molecule has 24 heavy (non-hydrogen) atoms. The summed E-state index contributed by atoms with van der Waals surface area (Å²) in [5, 5.41) is 7.97. The van der Waals surface area contributed by atoms with E-state index in [4.69, 9.17) is 40.2 Å². The van der Waals surface area contributed by atoms with E-state index in [9.17, 15) is 4.79 Å². The van der Waals surface area contributed by atoms with Gasteiger partial charge in [-0.1, -0.05) is 35.4 Å². The van der Waals surface area contributed by atoms with Crippen molar-refractivity contribution in [3.63, 3.8) is 0 Å². The molecule has 0 saturated carbocycles. The lowest BCUT2D eigenvalue weighted by molar-refractivity contribution is 0.0602. The largest absolute Gasteiger partial charge is 0.465 e. The molecule has 2 aromatic rings. The Morgan fingerprint density at radius 2 is 2.12 bits per heavy atom. The molecule has 1 aromatic heterocycles. The van der Waals surface area contributed by atoms with Crippen LogP contribution in [0.2, 0.25) is 10.0 Å². The third kappa shape index (κ3) is 5.45. The molecule has 0 unspecified atom stereocenters. The van der Waals surface area contributed by atoms with Crippen LogP contribution in [0.1, 0.15) is 35.2 Å². The Morgan fingerprint density at radius 1 is 1.33 bits per heavy atom. The topological polar surface area (TPSA) is 38.3 Å². The van der Waals surface area contributed by atoms with Crippen molar-refractivity contribution in [2.45, 2.75) is 25.7 Å². The SMILES string of the molecule is COC(=O)c1c(Cl)cc(Cl)cc1NC(=S)CCCCc1ccsc1. The van der Waals surface area contributed by atoms with Crippen LogP contribution in [-0.4, -0.2) is 18.1 Å². The van der Waals surface area contributed by atoms with Crippen molar-refractivity contribution in [2.24, 2.45) is 0 Å². The monoisotopic (exact) mass is 401 g/mol. The average Bonchev–Trinajstić information content (AvgIpc) is 3.04. The Bertz CT molecular complexity index is 718. The van der Waals surface area contributed by atoms with Gasteiger partial charge in [0.15, 0.2) is 0 Å². The molecule has 0 aliphatic rings. The minimum absolute atomic E-state index is 0.233. The van der Waals surface area contributed by atoms with Gasteiger partial charge in [-0.25, -0.2) is 4.79 Å². The van der Waals surface area contributed by atoms with E-state index >= 15 is 0 Å². The van der Waals surface area contributed by atoms with E-state index < -0.39 is 5.97 Å². The molecule has 0 amide bonds. The molecular weight excluding hydrogens is 385 g/mol. The van der Waals surface area contributed by atoms with Crippen LogP contribution in [0.25, 0.3) is 0 Å². The molecule has 0 aliphatic carbocycles. The van der Waals surface area contributed by atoms with Crippen LogP contribution in [0.5, 0.6) is 0 Å². The number of halogens is 2.